The van der Waals surface area contributed by atoms with Crippen LogP contribution >= 0.6 is 0 Å². The average molecular weight is 653 g/mol. The van der Waals surface area contributed by atoms with Crippen LogP contribution in [-0.4, -0.2) is 76.9 Å². The van der Waals surface area contributed by atoms with Gasteiger partial charge in [-0.2, -0.15) is 0 Å². The van der Waals surface area contributed by atoms with Gasteiger partial charge in [-0.15, -0.1) is 0 Å². The number of aromatic nitrogens is 2. The molecule has 3 heterocycles. The maximum atomic E-state index is 14.5. The summed E-state index contributed by atoms with van der Waals surface area (Å²) < 4.78 is 23.9. The van der Waals surface area contributed by atoms with Crippen molar-refractivity contribution >= 4 is 29.0 Å². The Kier molecular flexibility index (Phi) is 10.2. The number of methoxy groups -OCH3 is 1. The molecule has 1 N–H and O–H groups in total. The van der Waals surface area contributed by atoms with Crippen LogP contribution in [0.2, 0.25) is 0 Å². The summed E-state index contributed by atoms with van der Waals surface area (Å²) in [4.78, 5) is 53.0. The number of nitrogens with zero attached hydrogens (tertiary/aromatic N) is 3. The summed E-state index contributed by atoms with van der Waals surface area (Å²) in [5.41, 5.74) is 0.907. The van der Waals surface area contributed by atoms with Gasteiger partial charge in [0, 0.05) is 17.9 Å². The van der Waals surface area contributed by atoms with Crippen LogP contribution in [0, 0.1) is 23.2 Å². The number of amides is 2. The van der Waals surface area contributed by atoms with Gasteiger partial charge in [0.2, 0.25) is 11.8 Å². The van der Waals surface area contributed by atoms with Gasteiger partial charge in [0.15, 0.2) is 0 Å². The van der Waals surface area contributed by atoms with Crippen molar-refractivity contribution in [3.63, 3.8) is 0 Å². The van der Waals surface area contributed by atoms with E-state index >= 15 is 0 Å². The summed E-state index contributed by atoms with van der Waals surface area (Å²) in [6, 6.07) is 3.74. The van der Waals surface area contributed by atoms with Crippen LogP contribution < -0.4 is 14.8 Å². The topological polar surface area (TPSA) is 129 Å². The second-order valence-electron chi connectivity index (χ2n) is 15.2. The van der Waals surface area contributed by atoms with Gasteiger partial charge >= 0.3 is 12.1 Å². The summed E-state index contributed by atoms with van der Waals surface area (Å²) in [7, 11) is 1.61. The number of rotatable bonds is 5. The Hall–Kier alpha value is -3.63. The lowest BCUT2D eigenvalue weighted by atomic mass is 9.85. The first-order valence-electron chi connectivity index (χ1n) is 17.2. The quantitative estimate of drug-likeness (QED) is 0.395. The zero-order valence-corrected chi connectivity index (χ0v) is 29.3. The number of esters is 1. The normalized spacial score (nSPS) is 28.7. The molecule has 1 aliphatic carbocycles. The van der Waals surface area contributed by atoms with Gasteiger partial charge in [-0.3, -0.25) is 4.79 Å². The lowest BCUT2D eigenvalue weighted by Gasteiger charge is -2.35. The Bertz CT molecular complexity index is 1470. The number of hydrogen-bond acceptors (Lipinski definition) is 9. The summed E-state index contributed by atoms with van der Waals surface area (Å²) in [5, 5.41) is 2.89. The Morgan fingerprint density at radius 1 is 1.15 bits per heavy atom. The summed E-state index contributed by atoms with van der Waals surface area (Å²) in [5.74, 6) is 0.230. The Morgan fingerprint density at radius 2 is 1.91 bits per heavy atom. The number of ether oxygens (including phenoxy) is 4. The molecular weight excluding hydrogens is 600 g/mol. The van der Waals surface area contributed by atoms with Crippen LogP contribution in [0.15, 0.2) is 18.2 Å². The first-order valence-corrected chi connectivity index (χ1v) is 17.2. The molecule has 11 nitrogen and oxygen atoms in total. The number of fused-ring (bicyclic) bond motifs is 5. The molecule has 2 bridgehead atoms. The van der Waals surface area contributed by atoms with Gasteiger partial charge in [0.1, 0.15) is 35.2 Å². The fraction of sp³-hybridized carbons (Fsp3) is 0.694. The predicted molar refractivity (Wildman–Crippen MR) is 177 cm³/mol. The molecule has 5 rings (SSSR count). The van der Waals surface area contributed by atoms with Crippen molar-refractivity contribution in [2.75, 3.05) is 20.3 Å². The van der Waals surface area contributed by atoms with Gasteiger partial charge in [0.05, 0.1) is 31.3 Å². The highest BCUT2D eigenvalue weighted by Gasteiger charge is 2.55. The van der Waals surface area contributed by atoms with E-state index < -0.39 is 41.3 Å². The molecule has 2 aliphatic heterocycles. The van der Waals surface area contributed by atoms with Crippen LogP contribution in [0.25, 0.3) is 11.0 Å². The number of nitrogens with one attached hydrogen (secondary N) is 1. The van der Waals surface area contributed by atoms with Gasteiger partial charge in [0.25, 0.3) is 0 Å². The molecule has 1 saturated heterocycles. The van der Waals surface area contributed by atoms with Gasteiger partial charge < -0.3 is 29.2 Å². The molecule has 0 spiro atoms. The molecule has 0 unspecified atom stereocenters. The van der Waals surface area contributed by atoms with E-state index in [1.54, 1.807) is 12.0 Å². The first-order chi connectivity index (χ1) is 22.2. The van der Waals surface area contributed by atoms with Crippen molar-refractivity contribution in [3.8, 4) is 11.6 Å². The lowest BCUT2D eigenvalue weighted by Crippen LogP contribution is -2.57. The smallest absolute Gasteiger partial charge is 0.408 e. The van der Waals surface area contributed by atoms with E-state index in [2.05, 4.69) is 5.32 Å². The number of carbonyl (C=O) groups is 3. The molecule has 258 valence electrons. The molecule has 11 heteroatoms. The lowest BCUT2D eigenvalue weighted by molar-refractivity contribution is -0.157. The SMILES string of the molecule is CC[C@@H]1[C@@H]2CN(C(=O)[C@H](C(C)(C)C)NC(=O)O[C@]3(C)C[C@H]3CCCCCc3nc4ccc(OC)cc4nc3O2)[C@@H]1C(=O)OCC(C)C. The van der Waals surface area contributed by atoms with Gasteiger partial charge in [-0.05, 0) is 62.5 Å². The van der Waals surface area contributed by atoms with Crippen molar-refractivity contribution in [3.05, 3.63) is 23.9 Å². The molecule has 2 amide bonds. The number of aryl methyl sites for hydroxylation is 1. The van der Waals surface area contributed by atoms with Gasteiger partial charge in [-0.1, -0.05) is 54.4 Å². The van der Waals surface area contributed by atoms with E-state index in [0.717, 1.165) is 43.3 Å². The van der Waals surface area contributed by atoms with Crippen LogP contribution in [0.4, 0.5) is 4.79 Å². The number of hydrogen-bond donors (Lipinski definition) is 1. The first kappa shape index (κ1) is 34.7. The Labute approximate surface area is 278 Å². The molecule has 2 fully saturated rings. The highest BCUT2D eigenvalue weighted by molar-refractivity contribution is 5.91. The van der Waals surface area contributed by atoms with Crippen LogP contribution in [0.1, 0.15) is 92.7 Å². The number of benzene rings is 1. The fourth-order valence-electron chi connectivity index (χ4n) is 6.93. The average Bonchev–Trinajstić information content (AvgIpc) is 3.49. The summed E-state index contributed by atoms with van der Waals surface area (Å²) in [6.07, 6.45) is 4.66. The third-order valence-corrected chi connectivity index (χ3v) is 9.84. The van der Waals surface area contributed by atoms with Crippen molar-refractivity contribution in [1.29, 1.82) is 0 Å². The molecule has 3 aliphatic rings. The molecular formula is C36H52N4O7. The highest BCUT2D eigenvalue weighted by atomic mass is 16.6. The van der Waals surface area contributed by atoms with Crippen molar-refractivity contribution in [2.45, 2.75) is 117 Å². The second-order valence-corrected chi connectivity index (χ2v) is 15.2. The molecule has 1 aromatic carbocycles. The molecule has 2 aromatic rings. The minimum absolute atomic E-state index is 0.123. The van der Waals surface area contributed by atoms with Gasteiger partial charge in [-0.25, -0.2) is 19.6 Å². The monoisotopic (exact) mass is 652 g/mol. The summed E-state index contributed by atoms with van der Waals surface area (Å²) >= 11 is 0. The highest BCUT2D eigenvalue weighted by Crippen LogP contribution is 2.49. The molecule has 0 radical (unpaired) electrons. The maximum Gasteiger partial charge on any atom is 0.408 e. The third kappa shape index (κ3) is 7.75. The number of alkyl carbamates (subject to hydrolysis) is 1. The van der Waals surface area contributed by atoms with Crippen LogP contribution in [0.3, 0.4) is 0 Å². The van der Waals surface area contributed by atoms with Crippen LogP contribution in [-0.2, 0) is 25.5 Å². The Morgan fingerprint density at radius 3 is 2.60 bits per heavy atom. The Balaban J connectivity index is 1.56. The molecule has 1 aromatic heterocycles. The van der Waals surface area contributed by atoms with E-state index in [1.807, 2.05) is 66.7 Å². The van der Waals surface area contributed by atoms with Crippen molar-refractivity contribution in [2.24, 2.45) is 23.2 Å². The predicted octanol–water partition coefficient (Wildman–Crippen LogP) is 5.86. The van der Waals surface area contributed by atoms with E-state index in [1.165, 1.54) is 0 Å². The minimum Gasteiger partial charge on any atom is -0.497 e. The zero-order valence-electron chi connectivity index (χ0n) is 29.3. The fourth-order valence-corrected chi connectivity index (χ4v) is 6.93. The second kappa shape index (κ2) is 13.8. The third-order valence-electron chi connectivity index (χ3n) is 9.84. The maximum absolute atomic E-state index is 14.5. The molecule has 1 saturated carbocycles. The summed E-state index contributed by atoms with van der Waals surface area (Å²) in [6.45, 7) is 13.9. The molecule has 47 heavy (non-hydrogen) atoms. The zero-order chi connectivity index (χ0) is 34.1. The minimum atomic E-state index is -0.949. The largest absolute Gasteiger partial charge is 0.497 e. The molecule has 6 atom stereocenters. The van der Waals surface area contributed by atoms with Crippen LogP contribution in [0.5, 0.6) is 11.6 Å². The van der Waals surface area contributed by atoms with E-state index in [0.29, 0.717) is 30.0 Å². The van der Waals surface area contributed by atoms with Crippen molar-refractivity contribution < 1.29 is 33.3 Å². The van der Waals surface area contributed by atoms with E-state index in [9.17, 15) is 14.4 Å². The standard InChI is InChI=1S/C36H52N4O7/c1-9-24-28-19-40(29(24)33(42)45-20-21(2)3)32(41)30(35(4,5)6)39-34(43)47-36(7)18-22(36)13-11-10-12-14-26-31(46-28)38-27-17-23(44-8)15-16-25(27)37-26/h15-17,21-22,24,28-30H,9-14,18-20H2,1-8H3,(H,39,43)/t22-,24-,28+,29+,30-,36-/m1/s1. The van der Waals surface area contributed by atoms with E-state index in [4.69, 9.17) is 28.9 Å². The van der Waals surface area contributed by atoms with Crippen molar-refractivity contribution in [1.82, 2.24) is 20.2 Å². The number of carbonyl (C=O) groups excluding carboxylic acids is 3. The van der Waals surface area contributed by atoms with E-state index in [-0.39, 0.29) is 36.8 Å².